The van der Waals surface area contributed by atoms with Crippen LogP contribution in [-0.2, 0) is 5.41 Å². The molecule has 0 aliphatic heterocycles. The zero-order chi connectivity index (χ0) is 17.8. The predicted molar refractivity (Wildman–Crippen MR) is 112 cm³/mol. The smallest absolute Gasteiger partial charge is 0.0101 e. The van der Waals surface area contributed by atoms with Crippen LogP contribution in [0.15, 0.2) is 59.5 Å². The molecule has 3 rings (SSSR count). The summed E-state index contributed by atoms with van der Waals surface area (Å²) in [6.07, 6.45) is 8.18. The van der Waals surface area contributed by atoms with Crippen molar-refractivity contribution in [3.63, 3.8) is 0 Å². The van der Waals surface area contributed by atoms with Crippen LogP contribution < -0.4 is 0 Å². The number of rotatable bonds is 6. The molecule has 0 aromatic heterocycles. The maximum atomic E-state index is 2.55. The van der Waals surface area contributed by atoms with Gasteiger partial charge in [-0.2, -0.15) is 0 Å². The average Bonchev–Trinajstić information content (AvgIpc) is 2.64. The van der Waals surface area contributed by atoms with Gasteiger partial charge < -0.3 is 0 Å². The fraction of sp³-hybridized carbons (Fsp3) is 0.500. The van der Waals surface area contributed by atoms with Crippen molar-refractivity contribution in [2.75, 3.05) is 5.75 Å². The van der Waals surface area contributed by atoms with Gasteiger partial charge in [0.25, 0.3) is 0 Å². The van der Waals surface area contributed by atoms with Gasteiger partial charge in [0.15, 0.2) is 0 Å². The Kier molecular flexibility index (Phi) is 5.94. The highest BCUT2D eigenvalue weighted by atomic mass is 32.2. The van der Waals surface area contributed by atoms with Crippen LogP contribution in [0.1, 0.15) is 63.5 Å². The monoisotopic (exact) mass is 352 g/mol. The first-order chi connectivity index (χ1) is 12.1. The van der Waals surface area contributed by atoms with Gasteiger partial charge in [0.05, 0.1) is 0 Å². The summed E-state index contributed by atoms with van der Waals surface area (Å²) < 4.78 is 0. The summed E-state index contributed by atoms with van der Waals surface area (Å²) in [6, 6.07) is 20.1. The van der Waals surface area contributed by atoms with Gasteiger partial charge in [-0.25, -0.2) is 0 Å². The van der Waals surface area contributed by atoms with E-state index in [9.17, 15) is 0 Å². The Hall–Kier alpha value is -1.21. The zero-order valence-electron chi connectivity index (χ0n) is 16.1. The van der Waals surface area contributed by atoms with Crippen LogP contribution in [0.4, 0.5) is 0 Å². The van der Waals surface area contributed by atoms with E-state index in [0.717, 1.165) is 0 Å². The topological polar surface area (TPSA) is 0 Å². The van der Waals surface area contributed by atoms with Crippen molar-refractivity contribution in [1.82, 2.24) is 0 Å². The second-order valence-corrected chi connectivity index (χ2v) is 9.32. The van der Waals surface area contributed by atoms with Gasteiger partial charge in [-0.1, -0.05) is 81.6 Å². The van der Waals surface area contributed by atoms with Gasteiger partial charge in [0.2, 0.25) is 0 Å². The summed E-state index contributed by atoms with van der Waals surface area (Å²) in [5.74, 6) is 1.19. The maximum absolute atomic E-state index is 2.55. The SMILES string of the molecule is Cc1ccccc1SCC[C@](C)(c1ccccc1)C1(C)CCCCC1. The van der Waals surface area contributed by atoms with Gasteiger partial charge in [0, 0.05) is 4.90 Å². The van der Waals surface area contributed by atoms with Crippen LogP contribution in [0.2, 0.25) is 0 Å². The second kappa shape index (κ2) is 7.99. The largest absolute Gasteiger partial charge is 0.126 e. The van der Waals surface area contributed by atoms with E-state index in [1.165, 1.54) is 60.3 Å². The fourth-order valence-electron chi connectivity index (χ4n) is 4.57. The fourth-order valence-corrected chi connectivity index (χ4v) is 5.77. The van der Waals surface area contributed by atoms with Gasteiger partial charge in [0.1, 0.15) is 0 Å². The molecule has 1 atom stereocenters. The molecule has 0 nitrogen and oxygen atoms in total. The van der Waals surface area contributed by atoms with Crippen molar-refractivity contribution in [3.8, 4) is 0 Å². The molecule has 1 aliphatic carbocycles. The third kappa shape index (κ3) is 3.97. The number of thioether (sulfide) groups is 1. The number of hydrogen-bond donors (Lipinski definition) is 0. The highest BCUT2D eigenvalue weighted by Gasteiger charge is 2.45. The molecule has 0 unspecified atom stereocenters. The zero-order valence-corrected chi connectivity index (χ0v) is 16.9. The Balaban J connectivity index is 1.81. The molecule has 2 aromatic rings. The molecular weight excluding hydrogens is 320 g/mol. The van der Waals surface area contributed by atoms with Crippen LogP contribution in [0.25, 0.3) is 0 Å². The first kappa shape index (κ1) is 18.6. The Morgan fingerprint density at radius 2 is 1.56 bits per heavy atom. The number of benzene rings is 2. The van der Waals surface area contributed by atoms with E-state index in [0.29, 0.717) is 5.41 Å². The standard InChI is InChI=1S/C24H32S/c1-20-12-8-9-15-22(20)25-19-18-24(3,21-13-6-4-7-14-21)23(2)16-10-5-11-17-23/h4,6-9,12-15H,5,10-11,16-19H2,1-3H3/t24-/m1/s1. The van der Waals surface area contributed by atoms with Crippen molar-refractivity contribution in [1.29, 1.82) is 0 Å². The molecule has 0 amide bonds. The van der Waals surface area contributed by atoms with Gasteiger partial charge in [-0.3, -0.25) is 0 Å². The molecule has 0 N–H and O–H groups in total. The van der Waals surface area contributed by atoms with Gasteiger partial charge >= 0.3 is 0 Å². The highest BCUT2D eigenvalue weighted by molar-refractivity contribution is 7.99. The van der Waals surface area contributed by atoms with E-state index < -0.39 is 0 Å². The van der Waals surface area contributed by atoms with Crippen molar-refractivity contribution in [3.05, 3.63) is 65.7 Å². The minimum absolute atomic E-state index is 0.254. The molecular formula is C24H32S. The summed E-state index contributed by atoms with van der Waals surface area (Å²) in [5.41, 5.74) is 3.60. The maximum Gasteiger partial charge on any atom is 0.0101 e. The third-order valence-corrected chi connectivity index (χ3v) is 7.83. The first-order valence-electron chi connectivity index (χ1n) is 9.79. The quantitative estimate of drug-likeness (QED) is 0.488. The molecule has 0 bridgehead atoms. The molecule has 25 heavy (non-hydrogen) atoms. The molecule has 0 saturated heterocycles. The molecule has 0 heterocycles. The normalized spacial score (nSPS) is 19.3. The second-order valence-electron chi connectivity index (χ2n) is 8.18. The number of hydrogen-bond acceptors (Lipinski definition) is 1. The molecule has 1 heteroatoms. The minimum atomic E-state index is 0.254. The van der Waals surface area contributed by atoms with Crippen LogP contribution in [-0.4, -0.2) is 5.75 Å². The van der Waals surface area contributed by atoms with Crippen molar-refractivity contribution in [2.45, 2.75) is 69.6 Å². The van der Waals surface area contributed by atoms with E-state index >= 15 is 0 Å². The summed E-state index contributed by atoms with van der Waals surface area (Å²) in [7, 11) is 0. The minimum Gasteiger partial charge on any atom is -0.126 e. The first-order valence-corrected chi connectivity index (χ1v) is 10.8. The molecule has 2 aromatic carbocycles. The molecule has 1 saturated carbocycles. The Morgan fingerprint density at radius 3 is 2.24 bits per heavy atom. The lowest BCUT2D eigenvalue weighted by Crippen LogP contribution is -2.43. The molecule has 1 fully saturated rings. The third-order valence-electron chi connectivity index (χ3n) is 6.65. The lowest BCUT2D eigenvalue weighted by molar-refractivity contribution is 0.0913. The lowest BCUT2D eigenvalue weighted by atomic mass is 9.55. The van der Waals surface area contributed by atoms with Gasteiger partial charge in [-0.15, -0.1) is 11.8 Å². The lowest BCUT2D eigenvalue weighted by Gasteiger charge is -2.50. The van der Waals surface area contributed by atoms with Crippen molar-refractivity contribution in [2.24, 2.45) is 5.41 Å². The molecule has 134 valence electrons. The predicted octanol–water partition coefficient (Wildman–Crippen LogP) is 7.41. The summed E-state index contributed by atoms with van der Waals surface area (Å²) in [6.45, 7) is 7.31. The average molecular weight is 353 g/mol. The highest BCUT2D eigenvalue weighted by Crippen LogP contribution is 2.53. The van der Waals surface area contributed by atoms with E-state index in [4.69, 9.17) is 0 Å². The Bertz CT molecular complexity index is 670. The molecule has 1 aliphatic rings. The Labute approximate surface area is 158 Å². The van der Waals surface area contributed by atoms with Crippen molar-refractivity contribution < 1.29 is 0 Å². The van der Waals surface area contributed by atoms with Gasteiger partial charge in [-0.05, 0) is 60.0 Å². The molecule has 0 radical (unpaired) electrons. The van der Waals surface area contributed by atoms with Crippen LogP contribution >= 0.6 is 11.8 Å². The van der Waals surface area contributed by atoms with E-state index in [1.807, 2.05) is 11.8 Å². The van der Waals surface area contributed by atoms with E-state index in [-0.39, 0.29) is 5.41 Å². The summed E-state index contributed by atoms with van der Waals surface area (Å²) >= 11 is 2.03. The van der Waals surface area contributed by atoms with Crippen LogP contribution in [0, 0.1) is 12.3 Å². The van der Waals surface area contributed by atoms with Crippen molar-refractivity contribution >= 4 is 11.8 Å². The summed E-state index contributed by atoms with van der Waals surface area (Å²) in [4.78, 5) is 1.44. The summed E-state index contributed by atoms with van der Waals surface area (Å²) in [5, 5.41) is 0. The molecule has 0 spiro atoms. The van der Waals surface area contributed by atoms with E-state index in [1.54, 1.807) is 0 Å². The van der Waals surface area contributed by atoms with Crippen LogP contribution in [0.5, 0.6) is 0 Å². The van der Waals surface area contributed by atoms with E-state index in [2.05, 4.69) is 75.4 Å². The number of aryl methyl sites for hydroxylation is 1. The Morgan fingerprint density at radius 1 is 0.920 bits per heavy atom. The van der Waals surface area contributed by atoms with Crippen LogP contribution in [0.3, 0.4) is 0 Å².